The van der Waals surface area contributed by atoms with Crippen LogP contribution in [0.1, 0.15) is 16.8 Å². The lowest BCUT2D eigenvalue weighted by atomic mass is 10.1. The van der Waals surface area contributed by atoms with E-state index >= 15 is 0 Å². The second-order valence-corrected chi connectivity index (χ2v) is 6.80. The average Bonchev–Trinajstić information content (AvgIpc) is 2.86. The fourth-order valence-corrected chi connectivity index (χ4v) is 3.81. The molecule has 0 bridgehead atoms. The topological polar surface area (TPSA) is 29.9 Å². The molecule has 1 aromatic carbocycles. The second kappa shape index (κ2) is 6.16. The Hall–Kier alpha value is -1.55. The molecule has 0 fully saturated rings. The van der Waals surface area contributed by atoms with Crippen molar-refractivity contribution in [3.8, 4) is 0 Å². The van der Waals surface area contributed by atoms with Crippen LogP contribution in [0.3, 0.4) is 0 Å². The van der Waals surface area contributed by atoms with Crippen molar-refractivity contribution in [1.29, 1.82) is 0 Å². The van der Waals surface area contributed by atoms with Gasteiger partial charge in [0.05, 0.1) is 5.02 Å². The summed E-state index contributed by atoms with van der Waals surface area (Å²) in [5.74, 6) is 0. The highest BCUT2D eigenvalue weighted by Crippen LogP contribution is 2.31. The molecule has 0 saturated carbocycles. The van der Waals surface area contributed by atoms with Gasteiger partial charge in [0, 0.05) is 60.1 Å². The Labute approximate surface area is 145 Å². The molecule has 0 amide bonds. The normalized spacial score (nSPS) is 14.2. The number of nitrogens with zero attached hydrogens (tertiary/aromatic N) is 2. The van der Waals surface area contributed by atoms with Gasteiger partial charge in [-0.2, -0.15) is 0 Å². The standard InChI is InChI=1S/C18H17Cl2N3/c19-13-1-2-17-15(8-13)16-11-21-5-3-18(16)23(17)6-4-12-7-14(20)10-22-9-12/h1-2,7-10,21H,3-6,11H2. The average molecular weight is 346 g/mol. The van der Waals surface area contributed by atoms with Crippen LogP contribution in [0, 0.1) is 0 Å². The third-order valence-electron chi connectivity index (χ3n) is 4.47. The maximum atomic E-state index is 6.21. The Morgan fingerprint density at radius 3 is 2.91 bits per heavy atom. The van der Waals surface area contributed by atoms with E-state index in [2.05, 4.69) is 27.0 Å². The molecular weight excluding hydrogens is 329 g/mol. The predicted molar refractivity (Wildman–Crippen MR) is 95.3 cm³/mol. The van der Waals surface area contributed by atoms with E-state index in [1.165, 1.54) is 22.2 Å². The molecule has 1 aliphatic heterocycles. The molecule has 118 valence electrons. The third-order valence-corrected chi connectivity index (χ3v) is 4.92. The van der Waals surface area contributed by atoms with Crippen molar-refractivity contribution in [2.24, 2.45) is 0 Å². The molecule has 0 radical (unpaired) electrons. The van der Waals surface area contributed by atoms with Crippen molar-refractivity contribution in [2.45, 2.75) is 25.9 Å². The van der Waals surface area contributed by atoms with Crippen LogP contribution in [0.5, 0.6) is 0 Å². The van der Waals surface area contributed by atoms with E-state index in [4.69, 9.17) is 23.2 Å². The highest BCUT2D eigenvalue weighted by Gasteiger charge is 2.19. The molecule has 0 spiro atoms. The summed E-state index contributed by atoms with van der Waals surface area (Å²) in [6.07, 6.45) is 5.53. The molecule has 0 aliphatic carbocycles. The van der Waals surface area contributed by atoms with Crippen molar-refractivity contribution >= 4 is 34.1 Å². The molecule has 5 heteroatoms. The highest BCUT2D eigenvalue weighted by atomic mass is 35.5. The van der Waals surface area contributed by atoms with Crippen LogP contribution < -0.4 is 5.32 Å². The van der Waals surface area contributed by atoms with Gasteiger partial charge in [0.1, 0.15) is 0 Å². The summed E-state index contributed by atoms with van der Waals surface area (Å²) in [4.78, 5) is 4.18. The summed E-state index contributed by atoms with van der Waals surface area (Å²) in [6.45, 7) is 2.86. The molecule has 1 aliphatic rings. The van der Waals surface area contributed by atoms with E-state index in [1.807, 2.05) is 18.3 Å². The number of halogens is 2. The van der Waals surface area contributed by atoms with E-state index in [9.17, 15) is 0 Å². The Balaban J connectivity index is 1.74. The zero-order chi connectivity index (χ0) is 15.8. The molecule has 4 rings (SSSR count). The number of hydrogen-bond donors (Lipinski definition) is 1. The first-order valence-corrected chi connectivity index (χ1v) is 8.57. The van der Waals surface area contributed by atoms with Gasteiger partial charge in [-0.3, -0.25) is 4.98 Å². The number of rotatable bonds is 3. The molecule has 2 aromatic heterocycles. The van der Waals surface area contributed by atoms with E-state index in [-0.39, 0.29) is 0 Å². The highest BCUT2D eigenvalue weighted by molar-refractivity contribution is 6.31. The molecule has 3 aromatic rings. The zero-order valence-corrected chi connectivity index (χ0v) is 14.2. The van der Waals surface area contributed by atoms with E-state index < -0.39 is 0 Å². The van der Waals surface area contributed by atoms with Crippen LogP contribution in [-0.2, 0) is 25.9 Å². The first kappa shape index (κ1) is 15.0. The molecule has 1 N–H and O–H groups in total. The second-order valence-electron chi connectivity index (χ2n) is 5.93. The number of hydrogen-bond acceptors (Lipinski definition) is 2. The molecule has 0 atom stereocenters. The minimum atomic E-state index is 0.692. The maximum absolute atomic E-state index is 6.21. The largest absolute Gasteiger partial charge is 0.344 e. The Morgan fingerprint density at radius 2 is 2.04 bits per heavy atom. The van der Waals surface area contributed by atoms with Crippen molar-refractivity contribution in [3.63, 3.8) is 0 Å². The van der Waals surface area contributed by atoms with Crippen molar-refractivity contribution in [3.05, 3.63) is 63.5 Å². The Kier molecular flexibility index (Phi) is 4.02. The molecule has 0 saturated heterocycles. The number of benzene rings is 1. The smallest absolute Gasteiger partial charge is 0.0592 e. The van der Waals surface area contributed by atoms with Gasteiger partial charge in [0.2, 0.25) is 0 Å². The van der Waals surface area contributed by atoms with Crippen molar-refractivity contribution in [1.82, 2.24) is 14.9 Å². The minimum absolute atomic E-state index is 0.692. The van der Waals surface area contributed by atoms with Crippen LogP contribution in [0.4, 0.5) is 0 Å². The first-order valence-electron chi connectivity index (χ1n) is 7.82. The number of nitrogens with one attached hydrogen (secondary N) is 1. The molecule has 0 unspecified atom stereocenters. The van der Waals surface area contributed by atoms with Gasteiger partial charge in [-0.1, -0.05) is 23.2 Å². The van der Waals surface area contributed by atoms with Crippen LogP contribution in [0.15, 0.2) is 36.7 Å². The van der Waals surface area contributed by atoms with Gasteiger partial charge in [-0.15, -0.1) is 0 Å². The van der Waals surface area contributed by atoms with Gasteiger partial charge in [0.15, 0.2) is 0 Å². The fraction of sp³-hybridized carbons (Fsp3) is 0.278. The maximum Gasteiger partial charge on any atom is 0.0592 e. The van der Waals surface area contributed by atoms with Gasteiger partial charge in [-0.25, -0.2) is 0 Å². The Morgan fingerprint density at radius 1 is 1.13 bits per heavy atom. The number of fused-ring (bicyclic) bond motifs is 3. The lowest BCUT2D eigenvalue weighted by Gasteiger charge is -2.17. The summed E-state index contributed by atoms with van der Waals surface area (Å²) in [6, 6.07) is 8.18. The lowest BCUT2D eigenvalue weighted by molar-refractivity contribution is 0.594. The van der Waals surface area contributed by atoms with Gasteiger partial charge in [0.25, 0.3) is 0 Å². The van der Waals surface area contributed by atoms with Gasteiger partial charge in [-0.05, 0) is 41.8 Å². The zero-order valence-electron chi connectivity index (χ0n) is 12.6. The number of aryl methyl sites for hydroxylation is 2. The molecular formula is C18H17Cl2N3. The van der Waals surface area contributed by atoms with Crippen molar-refractivity contribution < 1.29 is 0 Å². The minimum Gasteiger partial charge on any atom is -0.344 e. The summed E-state index contributed by atoms with van der Waals surface area (Å²) in [5, 5.41) is 6.22. The quantitative estimate of drug-likeness (QED) is 0.769. The molecule has 3 heterocycles. The van der Waals surface area contributed by atoms with E-state index in [0.717, 1.165) is 43.1 Å². The lowest BCUT2D eigenvalue weighted by Crippen LogP contribution is -2.24. The predicted octanol–water partition coefficient (Wildman–Crippen LogP) is 4.23. The molecule has 23 heavy (non-hydrogen) atoms. The number of pyridine rings is 1. The van der Waals surface area contributed by atoms with Crippen molar-refractivity contribution in [2.75, 3.05) is 6.54 Å². The molecule has 3 nitrogen and oxygen atoms in total. The summed E-state index contributed by atoms with van der Waals surface area (Å²) >= 11 is 12.2. The summed E-state index contributed by atoms with van der Waals surface area (Å²) in [7, 11) is 0. The fourth-order valence-electron chi connectivity index (χ4n) is 3.44. The van der Waals surface area contributed by atoms with Crippen LogP contribution >= 0.6 is 23.2 Å². The van der Waals surface area contributed by atoms with Crippen LogP contribution in [0.25, 0.3) is 10.9 Å². The van der Waals surface area contributed by atoms with Crippen LogP contribution in [0.2, 0.25) is 10.0 Å². The summed E-state index contributed by atoms with van der Waals surface area (Å²) < 4.78 is 2.43. The van der Waals surface area contributed by atoms with Gasteiger partial charge < -0.3 is 9.88 Å². The third kappa shape index (κ3) is 2.85. The number of aromatic nitrogens is 2. The monoisotopic (exact) mass is 345 g/mol. The van der Waals surface area contributed by atoms with Crippen LogP contribution in [-0.4, -0.2) is 16.1 Å². The van der Waals surface area contributed by atoms with Gasteiger partial charge >= 0.3 is 0 Å². The van der Waals surface area contributed by atoms with E-state index in [0.29, 0.717) is 5.02 Å². The van der Waals surface area contributed by atoms with E-state index in [1.54, 1.807) is 6.20 Å². The SMILES string of the molecule is Clc1cncc(CCn2c3c(c4cc(Cl)ccc42)CNCC3)c1. The first-order chi connectivity index (χ1) is 11.2. The summed E-state index contributed by atoms with van der Waals surface area (Å²) in [5.41, 5.74) is 5.24. The Bertz CT molecular complexity index is 870.